The van der Waals surface area contributed by atoms with E-state index >= 15 is 0 Å². The van der Waals surface area contributed by atoms with Crippen LogP contribution in [0.2, 0.25) is 0 Å². The van der Waals surface area contributed by atoms with Gasteiger partial charge in [-0.25, -0.2) is 0 Å². The average Bonchev–Trinajstić information content (AvgIpc) is 3.17. The van der Waals surface area contributed by atoms with Crippen molar-refractivity contribution in [3.8, 4) is 0 Å². The summed E-state index contributed by atoms with van der Waals surface area (Å²) in [4.78, 5) is 0. The van der Waals surface area contributed by atoms with Crippen molar-refractivity contribution in [2.24, 2.45) is 5.92 Å². The molecular formula is C48H55N. The summed E-state index contributed by atoms with van der Waals surface area (Å²) in [5.74, 6) is 0.488. The fourth-order valence-electron chi connectivity index (χ4n) is 5.64. The largest absolute Gasteiger partial charge is 0.305 e. The van der Waals surface area contributed by atoms with E-state index in [1.165, 1.54) is 45.4 Å². The minimum Gasteiger partial charge on any atom is -0.305 e. The van der Waals surface area contributed by atoms with E-state index in [-0.39, 0.29) is 0 Å². The molecule has 0 amide bonds. The first-order valence-electron chi connectivity index (χ1n) is 17.7. The average molecular weight is 646 g/mol. The normalized spacial score (nSPS) is 17.3. The van der Waals surface area contributed by atoms with Gasteiger partial charge in [0.05, 0.1) is 0 Å². The first kappa shape index (κ1) is 38.4. The lowest BCUT2D eigenvalue weighted by atomic mass is 9.86. The van der Waals surface area contributed by atoms with E-state index in [1.807, 2.05) is 19.1 Å². The van der Waals surface area contributed by atoms with Crippen LogP contribution in [0.25, 0.3) is 11.1 Å². The molecule has 1 nitrogen and oxygen atoms in total. The molecule has 0 bridgehead atoms. The van der Waals surface area contributed by atoms with Crippen LogP contribution >= 0.6 is 0 Å². The van der Waals surface area contributed by atoms with Crippen LogP contribution in [0.3, 0.4) is 0 Å². The van der Waals surface area contributed by atoms with Gasteiger partial charge in [0.2, 0.25) is 0 Å². The van der Waals surface area contributed by atoms with Crippen molar-refractivity contribution in [1.82, 2.24) is 0 Å². The number of hydrogen-bond acceptors (Lipinski definition) is 1. The molecule has 5 rings (SSSR count). The van der Waals surface area contributed by atoms with Crippen molar-refractivity contribution in [2.75, 3.05) is 0 Å². The number of benzene rings is 2. The van der Waals surface area contributed by atoms with Crippen LogP contribution in [-0.2, 0) is 0 Å². The lowest BCUT2D eigenvalue weighted by Gasteiger charge is -2.19. The standard InChI is InChI=1S/C30H34.C14H15N.C4H6/c1-3-14-27(29-21-23-30(24-22-29)28-19-12-7-13-20-28)18-9-5-4-8-15-25(2)26-16-10-6-11-17-26;1-11(15)12-7-9-14(10-8-12)13-5-3-2-4-6-13;1-3-4-2/h4,6,8-12,14-21,23-24,29H,3,5,7,13,22H2,1-2H3;2-3,5,7-10,15H,4,6H2,1H3;3-4H,1-2H2/b8-4-,18-9+,25-15+,27-14-;;. The van der Waals surface area contributed by atoms with E-state index in [2.05, 4.69) is 161 Å². The maximum Gasteiger partial charge on any atom is 0.0355 e. The van der Waals surface area contributed by atoms with Gasteiger partial charge in [0.1, 0.15) is 0 Å². The van der Waals surface area contributed by atoms with E-state index < -0.39 is 0 Å². The maximum atomic E-state index is 7.52. The molecule has 0 spiro atoms. The lowest BCUT2D eigenvalue weighted by Crippen LogP contribution is -2.03. The van der Waals surface area contributed by atoms with Crippen molar-refractivity contribution in [1.29, 1.82) is 5.41 Å². The second-order valence-electron chi connectivity index (χ2n) is 12.2. The first-order chi connectivity index (χ1) is 24.0. The zero-order valence-corrected chi connectivity index (χ0v) is 30.0. The second-order valence-corrected chi connectivity index (χ2v) is 12.2. The van der Waals surface area contributed by atoms with Gasteiger partial charge in [-0.05, 0) is 103 Å². The quantitative estimate of drug-likeness (QED) is 0.186. The zero-order valence-electron chi connectivity index (χ0n) is 30.0. The predicted octanol–water partition coefficient (Wildman–Crippen LogP) is 13.9. The summed E-state index contributed by atoms with van der Waals surface area (Å²) in [6, 6.07) is 18.8. The third-order valence-corrected chi connectivity index (χ3v) is 8.46. The fourth-order valence-corrected chi connectivity index (χ4v) is 5.64. The van der Waals surface area contributed by atoms with Crippen molar-refractivity contribution in [3.63, 3.8) is 0 Å². The van der Waals surface area contributed by atoms with Crippen LogP contribution in [-0.4, -0.2) is 5.71 Å². The zero-order chi connectivity index (χ0) is 35.1. The molecule has 1 heteroatoms. The summed E-state index contributed by atoms with van der Waals surface area (Å²) in [5.41, 5.74) is 11.1. The maximum absolute atomic E-state index is 7.52. The topological polar surface area (TPSA) is 23.9 Å². The highest BCUT2D eigenvalue weighted by atomic mass is 14.4. The van der Waals surface area contributed by atoms with Gasteiger partial charge in [0.15, 0.2) is 0 Å². The third kappa shape index (κ3) is 13.9. The van der Waals surface area contributed by atoms with Crippen LogP contribution in [0, 0.1) is 11.3 Å². The number of hydrogen-bond donors (Lipinski definition) is 1. The number of nitrogens with one attached hydrogen (secondary N) is 1. The summed E-state index contributed by atoms with van der Waals surface area (Å²) in [5, 5.41) is 7.52. The van der Waals surface area contributed by atoms with E-state index in [4.69, 9.17) is 5.41 Å². The molecule has 0 aromatic heterocycles. The Morgan fingerprint density at radius 2 is 1.59 bits per heavy atom. The Hall–Kier alpha value is -5.01. The smallest absolute Gasteiger partial charge is 0.0355 e. The molecule has 2 aromatic rings. The molecule has 0 aliphatic heterocycles. The van der Waals surface area contributed by atoms with Crippen molar-refractivity contribution in [2.45, 2.75) is 65.7 Å². The van der Waals surface area contributed by atoms with Gasteiger partial charge in [0.25, 0.3) is 0 Å². The highest BCUT2D eigenvalue weighted by molar-refractivity contribution is 5.96. The van der Waals surface area contributed by atoms with Crippen molar-refractivity contribution < 1.29 is 0 Å². The van der Waals surface area contributed by atoms with Gasteiger partial charge in [-0.1, -0.05) is 178 Å². The Morgan fingerprint density at radius 3 is 2.18 bits per heavy atom. The van der Waals surface area contributed by atoms with Crippen molar-refractivity contribution >= 4 is 16.9 Å². The number of allylic oxidation sites excluding steroid dienone is 22. The van der Waals surface area contributed by atoms with E-state index in [1.54, 1.807) is 12.2 Å². The summed E-state index contributed by atoms with van der Waals surface area (Å²) in [6.07, 6.45) is 45.0. The van der Waals surface area contributed by atoms with Crippen LogP contribution in [0.15, 0.2) is 188 Å². The Kier molecular flexibility index (Phi) is 17.7. The van der Waals surface area contributed by atoms with Gasteiger partial charge >= 0.3 is 0 Å². The Labute approximate surface area is 297 Å². The summed E-state index contributed by atoms with van der Waals surface area (Å²) in [7, 11) is 0. The minimum absolute atomic E-state index is 0.488. The molecule has 252 valence electrons. The van der Waals surface area contributed by atoms with Gasteiger partial charge < -0.3 is 5.41 Å². The molecule has 3 aliphatic rings. The molecular weight excluding hydrogens is 591 g/mol. The lowest BCUT2D eigenvalue weighted by molar-refractivity contribution is 0.775. The molecule has 49 heavy (non-hydrogen) atoms. The molecule has 1 unspecified atom stereocenters. The Morgan fingerprint density at radius 1 is 0.837 bits per heavy atom. The molecule has 1 N–H and O–H groups in total. The van der Waals surface area contributed by atoms with Gasteiger partial charge in [-0.2, -0.15) is 0 Å². The molecule has 0 saturated carbocycles. The van der Waals surface area contributed by atoms with Gasteiger partial charge in [-0.15, -0.1) is 0 Å². The van der Waals surface area contributed by atoms with E-state index in [9.17, 15) is 0 Å². The summed E-state index contributed by atoms with van der Waals surface area (Å²) < 4.78 is 0. The van der Waals surface area contributed by atoms with Crippen LogP contribution in [0.4, 0.5) is 0 Å². The van der Waals surface area contributed by atoms with Gasteiger partial charge in [0, 0.05) is 11.6 Å². The van der Waals surface area contributed by atoms with E-state index in [0.717, 1.165) is 44.1 Å². The predicted molar refractivity (Wildman–Crippen MR) is 219 cm³/mol. The minimum atomic E-state index is 0.488. The summed E-state index contributed by atoms with van der Waals surface area (Å²) >= 11 is 0. The molecule has 0 radical (unpaired) electrons. The van der Waals surface area contributed by atoms with E-state index in [0.29, 0.717) is 11.6 Å². The Balaban J connectivity index is 0.000000283. The van der Waals surface area contributed by atoms with Gasteiger partial charge in [-0.3, -0.25) is 0 Å². The molecule has 0 saturated heterocycles. The third-order valence-electron chi connectivity index (χ3n) is 8.46. The molecule has 2 aromatic carbocycles. The molecule has 0 fully saturated rings. The number of rotatable bonds is 11. The Bertz CT molecular complexity index is 1660. The SMILES string of the molecule is C=CC=C.CC(=N)c1ccc(C2=CC=CCC2)cc1.CC/C=C(/C=C/C/C=C\C=C(/C)c1ccccc1)C1C=CC(C2=CCCC=C2)=CC1. The molecule has 1 atom stereocenters. The summed E-state index contributed by atoms with van der Waals surface area (Å²) in [6.45, 7) is 12.9. The van der Waals surface area contributed by atoms with Crippen LogP contribution < -0.4 is 0 Å². The van der Waals surface area contributed by atoms with Crippen LogP contribution in [0.5, 0.6) is 0 Å². The first-order valence-corrected chi connectivity index (χ1v) is 17.7. The van der Waals surface area contributed by atoms with Crippen molar-refractivity contribution in [3.05, 3.63) is 204 Å². The van der Waals surface area contributed by atoms with Crippen LogP contribution in [0.1, 0.15) is 82.4 Å². The highest BCUT2D eigenvalue weighted by Crippen LogP contribution is 2.29. The molecule has 0 heterocycles. The second kappa shape index (κ2) is 22.5. The molecule has 3 aliphatic carbocycles. The highest BCUT2D eigenvalue weighted by Gasteiger charge is 2.13. The monoisotopic (exact) mass is 645 g/mol. The fraction of sp³-hybridized carbons (Fsp3) is 0.229.